The first-order chi connectivity index (χ1) is 10.1. The summed E-state index contributed by atoms with van der Waals surface area (Å²) in [6.45, 7) is 3.18. The number of ether oxygens (including phenoxy) is 1. The molecule has 1 aliphatic heterocycles. The summed E-state index contributed by atoms with van der Waals surface area (Å²) in [4.78, 5) is 26.6. The summed E-state index contributed by atoms with van der Waals surface area (Å²) in [5, 5.41) is 14.2. The molecule has 0 aromatic carbocycles. The second-order valence-electron chi connectivity index (χ2n) is 4.99. The SMILES string of the molecule is COCCNC(=O)C(C)N1CCc2sccc2C1C(=O)O. The largest absolute Gasteiger partial charge is 0.480 e. The van der Waals surface area contributed by atoms with Crippen LogP contribution in [0.3, 0.4) is 0 Å². The van der Waals surface area contributed by atoms with E-state index in [4.69, 9.17) is 4.74 Å². The number of hydrogen-bond donors (Lipinski definition) is 2. The van der Waals surface area contributed by atoms with Crippen LogP contribution in [0.15, 0.2) is 11.4 Å². The van der Waals surface area contributed by atoms with Gasteiger partial charge in [0.15, 0.2) is 0 Å². The van der Waals surface area contributed by atoms with Crippen LogP contribution in [0.1, 0.15) is 23.4 Å². The van der Waals surface area contributed by atoms with E-state index in [0.29, 0.717) is 19.7 Å². The van der Waals surface area contributed by atoms with Gasteiger partial charge in [-0.1, -0.05) is 0 Å². The Labute approximate surface area is 127 Å². The van der Waals surface area contributed by atoms with Gasteiger partial charge in [-0.25, -0.2) is 0 Å². The molecule has 0 spiro atoms. The Kier molecular flexibility index (Phi) is 5.33. The Hall–Kier alpha value is -1.44. The van der Waals surface area contributed by atoms with E-state index in [2.05, 4.69) is 5.32 Å². The van der Waals surface area contributed by atoms with Crippen LogP contribution >= 0.6 is 11.3 Å². The quantitative estimate of drug-likeness (QED) is 0.763. The Balaban J connectivity index is 2.11. The zero-order chi connectivity index (χ0) is 15.4. The van der Waals surface area contributed by atoms with E-state index >= 15 is 0 Å². The standard InChI is InChI=1S/C14H20N2O4S/c1-9(13(17)15-5-7-20-2)16-6-3-11-10(4-8-21-11)12(16)14(18)19/h4,8-9,12H,3,5-7H2,1-2H3,(H,15,17)(H,18,19). The first-order valence-corrected chi connectivity index (χ1v) is 7.75. The summed E-state index contributed by atoms with van der Waals surface area (Å²) in [7, 11) is 1.57. The first kappa shape index (κ1) is 15.9. The maximum absolute atomic E-state index is 12.1. The van der Waals surface area contributed by atoms with E-state index in [1.165, 1.54) is 0 Å². The van der Waals surface area contributed by atoms with Gasteiger partial charge in [-0.15, -0.1) is 11.3 Å². The molecule has 2 heterocycles. The molecule has 1 aromatic rings. The smallest absolute Gasteiger partial charge is 0.325 e. The van der Waals surface area contributed by atoms with Crippen molar-refractivity contribution in [1.82, 2.24) is 10.2 Å². The number of aliphatic carboxylic acids is 1. The predicted molar refractivity (Wildman–Crippen MR) is 79.5 cm³/mol. The number of thiophene rings is 1. The summed E-state index contributed by atoms with van der Waals surface area (Å²) in [5.74, 6) is -1.08. The normalized spacial score (nSPS) is 19.8. The molecule has 7 heteroatoms. The highest BCUT2D eigenvalue weighted by molar-refractivity contribution is 7.10. The second-order valence-corrected chi connectivity index (χ2v) is 5.99. The summed E-state index contributed by atoms with van der Waals surface area (Å²) < 4.78 is 4.89. The Morgan fingerprint density at radius 1 is 1.62 bits per heavy atom. The average molecular weight is 312 g/mol. The number of carboxylic acid groups (broad SMARTS) is 1. The van der Waals surface area contributed by atoms with Gasteiger partial charge < -0.3 is 15.2 Å². The van der Waals surface area contributed by atoms with Crippen LogP contribution in [0.2, 0.25) is 0 Å². The van der Waals surface area contributed by atoms with E-state index in [-0.39, 0.29) is 5.91 Å². The number of methoxy groups -OCH3 is 1. The summed E-state index contributed by atoms with van der Waals surface area (Å²) in [6.07, 6.45) is 0.784. The molecule has 0 saturated carbocycles. The van der Waals surface area contributed by atoms with Crippen molar-refractivity contribution in [3.8, 4) is 0 Å². The van der Waals surface area contributed by atoms with Gasteiger partial charge in [-0.2, -0.15) is 0 Å². The molecule has 2 N–H and O–H groups in total. The monoisotopic (exact) mass is 312 g/mol. The third-order valence-corrected chi connectivity index (χ3v) is 4.72. The van der Waals surface area contributed by atoms with Gasteiger partial charge in [0.25, 0.3) is 0 Å². The number of carbonyl (C=O) groups excluding carboxylic acids is 1. The molecule has 2 unspecified atom stereocenters. The van der Waals surface area contributed by atoms with Crippen LogP contribution in [0.4, 0.5) is 0 Å². The van der Waals surface area contributed by atoms with Gasteiger partial charge in [-0.3, -0.25) is 14.5 Å². The van der Waals surface area contributed by atoms with E-state index in [1.54, 1.807) is 30.3 Å². The molecule has 116 valence electrons. The molecule has 0 bridgehead atoms. The molecular formula is C14H20N2O4S. The van der Waals surface area contributed by atoms with Crippen molar-refractivity contribution in [3.63, 3.8) is 0 Å². The minimum absolute atomic E-state index is 0.169. The number of carboxylic acids is 1. The fraction of sp³-hybridized carbons (Fsp3) is 0.571. The van der Waals surface area contributed by atoms with E-state index < -0.39 is 18.1 Å². The Morgan fingerprint density at radius 2 is 2.38 bits per heavy atom. The third kappa shape index (κ3) is 3.42. The van der Waals surface area contributed by atoms with Crippen molar-refractivity contribution in [1.29, 1.82) is 0 Å². The number of amides is 1. The van der Waals surface area contributed by atoms with Crippen molar-refractivity contribution in [2.75, 3.05) is 26.8 Å². The van der Waals surface area contributed by atoms with Crippen LogP contribution < -0.4 is 5.32 Å². The minimum Gasteiger partial charge on any atom is -0.480 e. The van der Waals surface area contributed by atoms with E-state index in [1.807, 2.05) is 11.4 Å². The summed E-state index contributed by atoms with van der Waals surface area (Å²) in [5.41, 5.74) is 0.815. The molecular weight excluding hydrogens is 292 g/mol. The van der Waals surface area contributed by atoms with E-state index in [0.717, 1.165) is 16.9 Å². The zero-order valence-corrected chi connectivity index (χ0v) is 13.0. The van der Waals surface area contributed by atoms with Crippen LogP contribution in [-0.4, -0.2) is 54.7 Å². The highest BCUT2D eigenvalue weighted by Crippen LogP contribution is 2.34. The van der Waals surface area contributed by atoms with E-state index in [9.17, 15) is 14.7 Å². The predicted octanol–water partition coefficient (Wildman–Crippen LogP) is 0.883. The molecule has 2 atom stereocenters. The molecule has 0 aliphatic carbocycles. The molecule has 0 saturated heterocycles. The number of nitrogens with zero attached hydrogens (tertiary/aromatic N) is 1. The lowest BCUT2D eigenvalue weighted by Gasteiger charge is -2.36. The van der Waals surface area contributed by atoms with Crippen LogP contribution in [-0.2, 0) is 20.7 Å². The highest BCUT2D eigenvalue weighted by Gasteiger charge is 2.38. The third-order valence-electron chi connectivity index (χ3n) is 3.72. The first-order valence-electron chi connectivity index (χ1n) is 6.87. The topological polar surface area (TPSA) is 78.9 Å². The lowest BCUT2D eigenvalue weighted by molar-refractivity contribution is -0.146. The lowest BCUT2D eigenvalue weighted by Crippen LogP contribution is -2.51. The van der Waals surface area contributed by atoms with Gasteiger partial charge in [0, 0.05) is 25.1 Å². The van der Waals surface area contributed by atoms with Crippen LogP contribution in [0.25, 0.3) is 0 Å². The molecule has 1 amide bonds. The summed E-state index contributed by atoms with van der Waals surface area (Å²) in [6, 6.07) is 0.611. The molecule has 1 aromatic heterocycles. The number of fused-ring (bicyclic) bond motifs is 1. The number of hydrogen-bond acceptors (Lipinski definition) is 5. The molecule has 6 nitrogen and oxygen atoms in total. The van der Waals surface area contributed by atoms with Gasteiger partial charge in [0.1, 0.15) is 6.04 Å². The summed E-state index contributed by atoms with van der Waals surface area (Å²) >= 11 is 1.58. The molecule has 0 radical (unpaired) electrons. The van der Waals surface area contributed by atoms with Crippen molar-refractivity contribution < 1.29 is 19.4 Å². The fourth-order valence-corrected chi connectivity index (χ4v) is 3.51. The Bertz CT molecular complexity index is 517. The second kappa shape index (κ2) is 7.02. The molecule has 2 rings (SSSR count). The zero-order valence-electron chi connectivity index (χ0n) is 12.2. The van der Waals surface area contributed by atoms with Crippen molar-refractivity contribution in [3.05, 3.63) is 21.9 Å². The maximum atomic E-state index is 12.1. The van der Waals surface area contributed by atoms with Crippen molar-refractivity contribution >= 4 is 23.2 Å². The Morgan fingerprint density at radius 3 is 3.05 bits per heavy atom. The molecule has 1 aliphatic rings. The van der Waals surface area contributed by atoms with Gasteiger partial charge >= 0.3 is 5.97 Å². The number of carbonyl (C=O) groups is 2. The van der Waals surface area contributed by atoms with Crippen molar-refractivity contribution in [2.24, 2.45) is 0 Å². The average Bonchev–Trinajstić information content (AvgIpc) is 2.93. The van der Waals surface area contributed by atoms with Gasteiger partial charge in [0.05, 0.1) is 12.6 Å². The lowest BCUT2D eigenvalue weighted by atomic mass is 9.98. The highest BCUT2D eigenvalue weighted by atomic mass is 32.1. The van der Waals surface area contributed by atoms with Crippen LogP contribution in [0.5, 0.6) is 0 Å². The molecule has 21 heavy (non-hydrogen) atoms. The minimum atomic E-state index is -0.911. The van der Waals surface area contributed by atoms with Crippen LogP contribution in [0, 0.1) is 0 Å². The number of rotatable bonds is 6. The fourth-order valence-electron chi connectivity index (χ4n) is 2.60. The van der Waals surface area contributed by atoms with Gasteiger partial charge in [0.2, 0.25) is 5.91 Å². The van der Waals surface area contributed by atoms with Crippen molar-refractivity contribution in [2.45, 2.75) is 25.4 Å². The maximum Gasteiger partial charge on any atom is 0.325 e. The van der Waals surface area contributed by atoms with Gasteiger partial charge in [-0.05, 0) is 30.4 Å². The number of nitrogens with one attached hydrogen (secondary N) is 1. The molecule has 0 fully saturated rings.